The molecule has 0 fully saturated rings. The lowest BCUT2D eigenvalue weighted by molar-refractivity contribution is -0.384. The molecule has 2 rings (SSSR count). The molecule has 24 heavy (non-hydrogen) atoms. The molecule has 0 saturated heterocycles. The molecule has 0 unspecified atom stereocenters. The highest BCUT2D eigenvalue weighted by Crippen LogP contribution is 2.14. The molecule has 0 spiro atoms. The van der Waals surface area contributed by atoms with Crippen molar-refractivity contribution in [2.45, 2.75) is 12.6 Å². The smallest absolute Gasteiger partial charge is 0.408 e. The van der Waals surface area contributed by atoms with E-state index in [1.165, 1.54) is 24.3 Å². The van der Waals surface area contributed by atoms with Crippen molar-refractivity contribution in [3.8, 4) is 0 Å². The van der Waals surface area contributed by atoms with E-state index in [4.69, 9.17) is 4.74 Å². The minimum absolute atomic E-state index is 0.0711. The van der Waals surface area contributed by atoms with Crippen molar-refractivity contribution in [2.24, 2.45) is 0 Å². The Bertz CT molecular complexity index is 730. The van der Waals surface area contributed by atoms with Crippen LogP contribution in [0.15, 0.2) is 54.6 Å². The Morgan fingerprint density at radius 2 is 1.75 bits per heavy atom. The van der Waals surface area contributed by atoms with Crippen LogP contribution in [0.2, 0.25) is 0 Å². The lowest BCUT2D eigenvalue weighted by Crippen LogP contribution is -2.34. The van der Waals surface area contributed by atoms with Crippen LogP contribution >= 0.6 is 0 Å². The fourth-order valence-electron chi connectivity index (χ4n) is 1.96. The number of nitro benzene ring substituents is 1. The highest BCUT2D eigenvalue weighted by atomic mass is 16.6. The van der Waals surface area contributed by atoms with Gasteiger partial charge >= 0.3 is 12.1 Å². The van der Waals surface area contributed by atoms with Crippen LogP contribution in [0.5, 0.6) is 0 Å². The zero-order valence-corrected chi connectivity index (χ0v) is 12.4. The fraction of sp³-hybridized carbons (Fsp3) is 0.125. The first-order chi connectivity index (χ1) is 11.5. The number of carboxylic acid groups (broad SMARTS) is 1. The van der Waals surface area contributed by atoms with E-state index < -0.39 is 23.0 Å². The Labute approximate surface area is 136 Å². The Balaban J connectivity index is 1.94. The quantitative estimate of drug-likeness (QED) is 0.621. The van der Waals surface area contributed by atoms with Crippen LogP contribution in [0, 0.1) is 10.1 Å². The summed E-state index contributed by atoms with van der Waals surface area (Å²) in [6.07, 6.45) is -0.899. The zero-order valence-electron chi connectivity index (χ0n) is 12.4. The molecule has 124 valence electrons. The lowest BCUT2D eigenvalue weighted by Gasteiger charge is -2.14. The maximum Gasteiger partial charge on any atom is 0.408 e. The summed E-state index contributed by atoms with van der Waals surface area (Å²) in [4.78, 5) is 33.1. The monoisotopic (exact) mass is 330 g/mol. The maximum atomic E-state index is 11.8. The molecule has 2 aromatic rings. The Hall–Kier alpha value is -3.42. The van der Waals surface area contributed by atoms with E-state index in [0.29, 0.717) is 11.1 Å². The molecule has 1 atom stereocenters. The number of alkyl carbamates (subject to hydrolysis) is 1. The van der Waals surface area contributed by atoms with Gasteiger partial charge in [0.2, 0.25) is 0 Å². The van der Waals surface area contributed by atoms with Gasteiger partial charge in [0.05, 0.1) is 4.92 Å². The minimum Gasteiger partial charge on any atom is -0.479 e. The zero-order chi connectivity index (χ0) is 17.5. The number of benzene rings is 2. The molecule has 1 amide bonds. The van der Waals surface area contributed by atoms with Crippen molar-refractivity contribution in [1.82, 2.24) is 5.32 Å². The van der Waals surface area contributed by atoms with E-state index in [1.807, 2.05) is 0 Å². The second kappa shape index (κ2) is 7.73. The van der Waals surface area contributed by atoms with Crippen molar-refractivity contribution >= 4 is 17.7 Å². The van der Waals surface area contributed by atoms with Crippen LogP contribution in [-0.2, 0) is 16.1 Å². The third kappa shape index (κ3) is 4.54. The van der Waals surface area contributed by atoms with Gasteiger partial charge in [0, 0.05) is 12.1 Å². The van der Waals surface area contributed by atoms with Gasteiger partial charge in [-0.2, -0.15) is 0 Å². The van der Waals surface area contributed by atoms with Crippen molar-refractivity contribution in [1.29, 1.82) is 0 Å². The molecule has 0 heterocycles. The van der Waals surface area contributed by atoms with E-state index in [1.54, 1.807) is 30.3 Å². The van der Waals surface area contributed by atoms with E-state index in [0.717, 1.165) is 0 Å². The van der Waals surface area contributed by atoms with Gasteiger partial charge in [0.15, 0.2) is 6.04 Å². The van der Waals surface area contributed by atoms with Crippen molar-refractivity contribution in [2.75, 3.05) is 0 Å². The van der Waals surface area contributed by atoms with Crippen LogP contribution in [0.3, 0.4) is 0 Å². The van der Waals surface area contributed by atoms with Crippen molar-refractivity contribution in [3.63, 3.8) is 0 Å². The van der Waals surface area contributed by atoms with Gasteiger partial charge in [0.25, 0.3) is 5.69 Å². The SMILES string of the molecule is O=C(N[C@@H](C(=O)O)c1ccccc1)OCc1ccc([N+](=O)[O-])cc1. The molecular formula is C16H14N2O6. The number of nitrogens with one attached hydrogen (secondary N) is 1. The summed E-state index contributed by atoms with van der Waals surface area (Å²) in [6, 6.07) is 12.5. The summed E-state index contributed by atoms with van der Waals surface area (Å²) in [5.74, 6) is -1.21. The fourth-order valence-corrected chi connectivity index (χ4v) is 1.96. The first-order valence-corrected chi connectivity index (χ1v) is 6.92. The number of nitrogens with zero attached hydrogens (tertiary/aromatic N) is 1. The number of hydrogen-bond donors (Lipinski definition) is 2. The minimum atomic E-state index is -1.23. The molecule has 2 N–H and O–H groups in total. The number of hydrogen-bond acceptors (Lipinski definition) is 5. The van der Waals surface area contributed by atoms with E-state index in [-0.39, 0.29) is 12.3 Å². The van der Waals surface area contributed by atoms with Crippen LogP contribution in [-0.4, -0.2) is 22.1 Å². The largest absolute Gasteiger partial charge is 0.479 e. The second-order valence-electron chi connectivity index (χ2n) is 4.83. The second-order valence-corrected chi connectivity index (χ2v) is 4.83. The number of carboxylic acids is 1. The standard InChI is InChI=1S/C16H14N2O6/c19-15(20)14(12-4-2-1-3-5-12)17-16(21)24-10-11-6-8-13(9-7-11)18(22)23/h1-9,14H,10H2,(H,17,21)(H,19,20)/t14-/m1/s1. The van der Waals surface area contributed by atoms with Gasteiger partial charge in [0.1, 0.15) is 6.61 Å². The molecule has 0 bridgehead atoms. The highest BCUT2D eigenvalue weighted by molar-refractivity contribution is 5.81. The number of rotatable bonds is 6. The van der Waals surface area contributed by atoms with Crippen LogP contribution in [0.1, 0.15) is 17.2 Å². The van der Waals surface area contributed by atoms with Gasteiger partial charge in [-0.1, -0.05) is 30.3 Å². The number of amides is 1. The molecule has 0 aromatic heterocycles. The van der Waals surface area contributed by atoms with Gasteiger partial charge < -0.3 is 15.2 Å². The van der Waals surface area contributed by atoms with Crippen LogP contribution in [0.4, 0.5) is 10.5 Å². The Morgan fingerprint density at radius 3 is 2.29 bits per heavy atom. The third-order valence-electron chi connectivity index (χ3n) is 3.16. The molecule has 0 aliphatic heterocycles. The third-order valence-corrected chi connectivity index (χ3v) is 3.16. The lowest BCUT2D eigenvalue weighted by atomic mass is 10.1. The maximum absolute atomic E-state index is 11.8. The predicted octanol–water partition coefficient (Wildman–Crippen LogP) is 2.65. The number of aliphatic carboxylic acids is 1. The van der Waals surface area contributed by atoms with Crippen molar-refractivity contribution < 1.29 is 24.4 Å². The molecule has 2 aromatic carbocycles. The van der Waals surface area contributed by atoms with E-state index in [2.05, 4.69) is 5.32 Å². The average molecular weight is 330 g/mol. The number of nitro groups is 1. The predicted molar refractivity (Wildman–Crippen MR) is 83.2 cm³/mol. The summed E-state index contributed by atoms with van der Waals surface area (Å²) in [5, 5.41) is 22.0. The molecule has 8 heteroatoms. The summed E-state index contributed by atoms with van der Waals surface area (Å²) < 4.78 is 4.95. The van der Waals surface area contributed by atoms with Gasteiger partial charge in [-0.15, -0.1) is 0 Å². The molecule has 0 aliphatic carbocycles. The van der Waals surface area contributed by atoms with Crippen molar-refractivity contribution in [3.05, 3.63) is 75.8 Å². The highest BCUT2D eigenvalue weighted by Gasteiger charge is 2.22. The summed E-state index contributed by atoms with van der Waals surface area (Å²) >= 11 is 0. The van der Waals surface area contributed by atoms with E-state index >= 15 is 0 Å². The Kier molecular flexibility index (Phi) is 5.45. The Morgan fingerprint density at radius 1 is 1.12 bits per heavy atom. The first kappa shape index (κ1) is 16.9. The van der Waals surface area contributed by atoms with Gasteiger partial charge in [-0.05, 0) is 23.3 Å². The normalized spacial score (nSPS) is 11.3. The molecule has 0 saturated carbocycles. The topological polar surface area (TPSA) is 119 Å². The summed E-state index contributed by atoms with van der Waals surface area (Å²) in [6.45, 7) is -0.134. The number of carbonyl (C=O) groups is 2. The number of non-ortho nitro benzene ring substituents is 1. The molecular weight excluding hydrogens is 316 g/mol. The summed E-state index contributed by atoms with van der Waals surface area (Å²) in [7, 11) is 0. The molecule has 0 aliphatic rings. The number of ether oxygens (including phenoxy) is 1. The molecule has 8 nitrogen and oxygen atoms in total. The van der Waals surface area contributed by atoms with Gasteiger partial charge in [-0.25, -0.2) is 9.59 Å². The van der Waals surface area contributed by atoms with Gasteiger partial charge in [-0.3, -0.25) is 10.1 Å². The average Bonchev–Trinajstić information content (AvgIpc) is 2.58. The van der Waals surface area contributed by atoms with Crippen LogP contribution < -0.4 is 5.32 Å². The van der Waals surface area contributed by atoms with E-state index in [9.17, 15) is 24.8 Å². The first-order valence-electron chi connectivity index (χ1n) is 6.92. The van der Waals surface area contributed by atoms with Crippen LogP contribution in [0.25, 0.3) is 0 Å². The summed E-state index contributed by atoms with van der Waals surface area (Å²) in [5.41, 5.74) is 0.887. The molecule has 0 radical (unpaired) electrons. The number of carbonyl (C=O) groups excluding carboxylic acids is 1.